The lowest BCUT2D eigenvalue weighted by atomic mass is 10.1. The normalized spacial score (nSPS) is 11.9. The van der Waals surface area contributed by atoms with Crippen molar-refractivity contribution in [1.29, 1.82) is 0 Å². The van der Waals surface area contributed by atoms with Gasteiger partial charge in [0.25, 0.3) is 5.91 Å². The van der Waals surface area contributed by atoms with Crippen LogP contribution in [0, 0.1) is 11.6 Å². The van der Waals surface area contributed by atoms with Gasteiger partial charge in [0.15, 0.2) is 11.6 Å². The van der Waals surface area contributed by atoms with Gasteiger partial charge in [-0.25, -0.2) is 8.78 Å². The summed E-state index contributed by atoms with van der Waals surface area (Å²) >= 11 is 0. The maximum atomic E-state index is 12.9. The highest BCUT2D eigenvalue weighted by Gasteiger charge is 2.17. The van der Waals surface area contributed by atoms with E-state index in [0.717, 1.165) is 18.2 Å². The Kier molecular flexibility index (Phi) is 4.14. The zero-order chi connectivity index (χ0) is 13.0. The van der Waals surface area contributed by atoms with Gasteiger partial charge in [0, 0.05) is 5.56 Å². The number of benzene rings is 1. The van der Waals surface area contributed by atoms with Gasteiger partial charge in [-0.15, -0.1) is 0 Å². The van der Waals surface area contributed by atoms with Gasteiger partial charge in [0.2, 0.25) is 5.91 Å². The molecule has 0 radical (unpaired) electrons. The molecule has 2 amide bonds. The molecule has 0 aliphatic rings. The quantitative estimate of drug-likeness (QED) is 0.825. The fourth-order valence-electron chi connectivity index (χ4n) is 1.25. The average molecular weight is 242 g/mol. The second-order valence-corrected chi connectivity index (χ2v) is 3.47. The molecular weight excluding hydrogens is 230 g/mol. The van der Waals surface area contributed by atoms with Crippen LogP contribution in [0.4, 0.5) is 8.78 Å². The van der Waals surface area contributed by atoms with E-state index in [2.05, 4.69) is 5.32 Å². The Hall–Kier alpha value is -1.98. The van der Waals surface area contributed by atoms with Crippen LogP contribution in [0.25, 0.3) is 0 Å². The number of nitrogens with two attached hydrogens (primary N) is 1. The van der Waals surface area contributed by atoms with Gasteiger partial charge < -0.3 is 11.1 Å². The van der Waals surface area contributed by atoms with Gasteiger partial charge in [-0.1, -0.05) is 6.92 Å². The average Bonchev–Trinajstić information content (AvgIpc) is 2.28. The summed E-state index contributed by atoms with van der Waals surface area (Å²) in [6, 6.07) is 1.91. The molecule has 1 rings (SSSR count). The number of halogens is 2. The first-order chi connectivity index (χ1) is 7.95. The van der Waals surface area contributed by atoms with Crippen molar-refractivity contribution in [2.45, 2.75) is 19.4 Å². The number of hydrogen-bond acceptors (Lipinski definition) is 2. The maximum absolute atomic E-state index is 12.9. The van der Waals surface area contributed by atoms with Crippen LogP contribution in [0.5, 0.6) is 0 Å². The number of amides is 2. The molecule has 1 aromatic rings. The van der Waals surface area contributed by atoms with Gasteiger partial charge in [0.1, 0.15) is 6.04 Å². The van der Waals surface area contributed by atoms with E-state index >= 15 is 0 Å². The molecule has 0 aliphatic carbocycles. The molecule has 3 N–H and O–H groups in total. The molecule has 0 bridgehead atoms. The Morgan fingerprint density at radius 1 is 1.35 bits per heavy atom. The van der Waals surface area contributed by atoms with Crippen LogP contribution in [-0.2, 0) is 4.79 Å². The van der Waals surface area contributed by atoms with Crippen molar-refractivity contribution in [3.8, 4) is 0 Å². The van der Waals surface area contributed by atoms with Crippen molar-refractivity contribution in [3.63, 3.8) is 0 Å². The summed E-state index contributed by atoms with van der Waals surface area (Å²) in [7, 11) is 0. The Balaban J connectivity index is 2.82. The fraction of sp³-hybridized carbons (Fsp3) is 0.273. The van der Waals surface area contributed by atoms with Crippen LogP contribution in [0.1, 0.15) is 23.7 Å². The summed E-state index contributed by atoms with van der Waals surface area (Å²) < 4.78 is 25.5. The minimum atomic E-state index is -1.12. The Bertz CT molecular complexity index is 449. The monoisotopic (exact) mass is 242 g/mol. The van der Waals surface area contributed by atoms with Crippen LogP contribution in [0.15, 0.2) is 18.2 Å². The molecule has 0 aromatic heterocycles. The molecular formula is C11H12F2N2O2. The smallest absolute Gasteiger partial charge is 0.252 e. The van der Waals surface area contributed by atoms with E-state index in [9.17, 15) is 18.4 Å². The highest BCUT2D eigenvalue weighted by atomic mass is 19.2. The highest BCUT2D eigenvalue weighted by molar-refractivity contribution is 5.97. The fourth-order valence-corrected chi connectivity index (χ4v) is 1.25. The lowest BCUT2D eigenvalue weighted by Gasteiger charge is -2.13. The first-order valence-corrected chi connectivity index (χ1v) is 5.01. The van der Waals surface area contributed by atoms with Crippen molar-refractivity contribution in [1.82, 2.24) is 5.32 Å². The summed E-state index contributed by atoms with van der Waals surface area (Å²) in [6.07, 6.45) is 0.324. The van der Waals surface area contributed by atoms with Gasteiger partial charge in [-0.2, -0.15) is 0 Å². The molecule has 0 saturated heterocycles. The van der Waals surface area contributed by atoms with Gasteiger partial charge in [-0.3, -0.25) is 9.59 Å². The summed E-state index contributed by atoms with van der Waals surface area (Å²) in [5.74, 6) is -3.51. The zero-order valence-electron chi connectivity index (χ0n) is 9.17. The third-order valence-electron chi connectivity index (χ3n) is 2.24. The van der Waals surface area contributed by atoms with Crippen LogP contribution in [0.2, 0.25) is 0 Å². The lowest BCUT2D eigenvalue weighted by Crippen LogP contribution is -2.43. The molecule has 1 aromatic carbocycles. The van der Waals surface area contributed by atoms with E-state index in [1.54, 1.807) is 6.92 Å². The molecule has 0 unspecified atom stereocenters. The van der Waals surface area contributed by atoms with Crippen molar-refractivity contribution in [2.75, 3.05) is 0 Å². The summed E-state index contributed by atoms with van der Waals surface area (Å²) in [5, 5.41) is 2.33. The van der Waals surface area contributed by atoms with E-state index in [1.165, 1.54) is 0 Å². The summed E-state index contributed by atoms with van der Waals surface area (Å²) in [4.78, 5) is 22.5. The molecule has 0 aliphatic heterocycles. The van der Waals surface area contributed by atoms with Crippen LogP contribution >= 0.6 is 0 Å². The van der Waals surface area contributed by atoms with Crippen molar-refractivity contribution in [3.05, 3.63) is 35.4 Å². The van der Waals surface area contributed by atoms with E-state index in [-0.39, 0.29) is 5.56 Å². The number of carbonyl (C=O) groups is 2. The van der Waals surface area contributed by atoms with Gasteiger partial charge in [-0.05, 0) is 24.6 Å². The number of primary amides is 1. The highest BCUT2D eigenvalue weighted by Crippen LogP contribution is 2.08. The molecule has 6 heteroatoms. The van der Waals surface area contributed by atoms with Crippen LogP contribution < -0.4 is 11.1 Å². The number of carbonyl (C=O) groups excluding carboxylic acids is 2. The van der Waals surface area contributed by atoms with Crippen molar-refractivity contribution < 1.29 is 18.4 Å². The predicted molar refractivity (Wildman–Crippen MR) is 57.1 cm³/mol. The molecule has 0 heterocycles. The summed E-state index contributed by atoms with van der Waals surface area (Å²) in [5.41, 5.74) is 4.97. The van der Waals surface area contributed by atoms with E-state index in [4.69, 9.17) is 5.73 Å². The minimum Gasteiger partial charge on any atom is -0.368 e. The van der Waals surface area contributed by atoms with E-state index < -0.39 is 29.5 Å². The molecule has 92 valence electrons. The number of rotatable bonds is 4. The third-order valence-corrected chi connectivity index (χ3v) is 2.24. The first kappa shape index (κ1) is 13.1. The lowest BCUT2D eigenvalue weighted by molar-refractivity contribution is -0.119. The van der Waals surface area contributed by atoms with Gasteiger partial charge >= 0.3 is 0 Å². The van der Waals surface area contributed by atoms with Crippen LogP contribution in [0.3, 0.4) is 0 Å². The Morgan fingerprint density at radius 3 is 2.47 bits per heavy atom. The van der Waals surface area contributed by atoms with E-state index in [1.807, 2.05) is 0 Å². The second kappa shape index (κ2) is 5.38. The number of hydrogen-bond donors (Lipinski definition) is 2. The molecule has 4 nitrogen and oxygen atoms in total. The molecule has 1 atom stereocenters. The minimum absolute atomic E-state index is 0.0661. The number of nitrogens with one attached hydrogen (secondary N) is 1. The standard InChI is InChI=1S/C11H12F2N2O2/c1-2-9(10(14)16)15-11(17)6-3-4-7(12)8(13)5-6/h3-5,9H,2H2,1H3,(H2,14,16)(H,15,17)/t9-/m0/s1. The predicted octanol–water partition coefficient (Wildman–Crippen LogP) is 0.958. The molecule has 0 saturated carbocycles. The maximum Gasteiger partial charge on any atom is 0.252 e. The molecule has 0 spiro atoms. The summed E-state index contributed by atoms with van der Waals surface area (Å²) in [6.45, 7) is 1.67. The SMILES string of the molecule is CC[C@H](NC(=O)c1ccc(F)c(F)c1)C(N)=O. The first-order valence-electron chi connectivity index (χ1n) is 5.01. The van der Waals surface area contributed by atoms with Crippen molar-refractivity contribution >= 4 is 11.8 Å². The largest absolute Gasteiger partial charge is 0.368 e. The Morgan fingerprint density at radius 2 is 2.00 bits per heavy atom. The van der Waals surface area contributed by atoms with E-state index in [0.29, 0.717) is 6.42 Å². The third kappa shape index (κ3) is 3.24. The topological polar surface area (TPSA) is 72.2 Å². The zero-order valence-corrected chi connectivity index (χ0v) is 9.17. The van der Waals surface area contributed by atoms with Crippen LogP contribution in [-0.4, -0.2) is 17.9 Å². The molecule has 17 heavy (non-hydrogen) atoms. The Labute approximate surface area is 96.8 Å². The second-order valence-electron chi connectivity index (χ2n) is 3.47. The molecule has 0 fully saturated rings. The van der Waals surface area contributed by atoms with Crippen molar-refractivity contribution in [2.24, 2.45) is 5.73 Å². The van der Waals surface area contributed by atoms with Gasteiger partial charge in [0.05, 0.1) is 0 Å².